The van der Waals surface area contributed by atoms with E-state index in [-0.39, 0.29) is 5.91 Å². The highest BCUT2D eigenvalue weighted by atomic mass is 16.3. The lowest BCUT2D eigenvalue weighted by Gasteiger charge is -2.06. The molecule has 5 nitrogen and oxygen atoms in total. The number of benzene rings is 1. The van der Waals surface area contributed by atoms with Crippen molar-refractivity contribution in [2.45, 2.75) is 6.54 Å². The van der Waals surface area contributed by atoms with Crippen LogP contribution in [0.5, 0.6) is 0 Å². The maximum absolute atomic E-state index is 12.1. The molecule has 2 heterocycles. The Morgan fingerprint density at radius 3 is 2.95 bits per heavy atom. The first-order chi connectivity index (χ1) is 9.83. The molecule has 5 heteroatoms. The Kier molecular flexibility index (Phi) is 3.33. The third-order valence-electron chi connectivity index (χ3n) is 2.88. The van der Waals surface area contributed by atoms with Crippen molar-refractivity contribution >= 4 is 5.91 Å². The SMILES string of the molecule is O=C(NCc1ccco1)c1cccc(-n2cccn2)c1. The number of amides is 1. The molecule has 0 saturated carbocycles. The number of aromatic nitrogens is 2. The van der Waals surface area contributed by atoms with Crippen LogP contribution in [0.2, 0.25) is 0 Å². The Morgan fingerprint density at radius 1 is 1.25 bits per heavy atom. The topological polar surface area (TPSA) is 60.1 Å². The molecule has 0 unspecified atom stereocenters. The molecule has 0 aliphatic rings. The van der Waals surface area contributed by atoms with Gasteiger partial charge in [-0.05, 0) is 36.4 Å². The van der Waals surface area contributed by atoms with Gasteiger partial charge in [-0.15, -0.1) is 0 Å². The number of hydrogen-bond acceptors (Lipinski definition) is 3. The fraction of sp³-hybridized carbons (Fsp3) is 0.0667. The van der Waals surface area contributed by atoms with E-state index in [2.05, 4.69) is 10.4 Å². The standard InChI is InChI=1S/C15H13N3O2/c19-15(16-11-14-6-2-9-20-14)12-4-1-5-13(10-12)18-8-3-7-17-18/h1-10H,11H2,(H,16,19). The van der Waals surface area contributed by atoms with Crippen molar-refractivity contribution in [1.82, 2.24) is 15.1 Å². The number of rotatable bonds is 4. The van der Waals surface area contributed by atoms with Crippen LogP contribution < -0.4 is 5.32 Å². The molecule has 0 atom stereocenters. The van der Waals surface area contributed by atoms with E-state index in [0.29, 0.717) is 12.1 Å². The van der Waals surface area contributed by atoms with Crippen molar-refractivity contribution in [3.8, 4) is 5.69 Å². The molecule has 3 rings (SSSR count). The van der Waals surface area contributed by atoms with Gasteiger partial charge in [-0.1, -0.05) is 6.07 Å². The third-order valence-corrected chi connectivity index (χ3v) is 2.88. The third kappa shape index (κ3) is 2.61. The highest BCUT2D eigenvalue weighted by Gasteiger charge is 2.07. The van der Waals surface area contributed by atoms with E-state index in [0.717, 1.165) is 11.4 Å². The Hall–Kier alpha value is -2.82. The first-order valence-electron chi connectivity index (χ1n) is 6.23. The number of nitrogens with one attached hydrogen (secondary N) is 1. The van der Waals surface area contributed by atoms with Gasteiger partial charge in [-0.25, -0.2) is 4.68 Å². The van der Waals surface area contributed by atoms with Crippen LogP contribution in [0.1, 0.15) is 16.1 Å². The molecule has 0 fully saturated rings. The van der Waals surface area contributed by atoms with Crippen molar-refractivity contribution in [3.05, 3.63) is 72.4 Å². The predicted molar refractivity (Wildman–Crippen MR) is 73.4 cm³/mol. The average molecular weight is 267 g/mol. The molecule has 0 saturated heterocycles. The molecule has 0 aliphatic heterocycles. The summed E-state index contributed by atoms with van der Waals surface area (Å²) in [4.78, 5) is 12.1. The van der Waals surface area contributed by atoms with Crippen LogP contribution in [-0.2, 0) is 6.54 Å². The molecule has 1 N–H and O–H groups in total. The van der Waals surface area contributed by atoms with E-state index in [1.54, 1.807) is 35.3 Å². The highest BCUT2D eigenvalue weighted by Crippen LogP contribution is 2.10. The van der Waals surface area contributed by atoms with E-state index in [1.807, 2.05) is 30.5 Å². The summed E-state index contributed by atoms with van der Waals surface area (Å²) in [5.41, 5.74) is 1.44. The molecule has 20 heavy (non-hydrogen) atoms. The van der Waals surface area contributed by atoms with Crippen molar-refractivity contribution in [2.75, 3.05) is 0 Å². The minimum absolute atomic E-state index is 0.143. The van der Waals surface area contributed by atoms with Gasteiger partial charge >= 0.3 is 0 Å². The Labute approximate surface area is 115 Å². The monoisotopic (exact) mass is 267 g/mol. The second kappa shape index (κ2) is 5.44. The van der Waals surface area contributed by atoms with Crippen LogP contribution in [0.25, 0.3) is 5.69 Å². The van der Waals surface area contributed by atoms with Crippen LogP contribution in [0.4, 0.5) is 0 Å². The molecule has 1 aromatic carbocycles. The summed E-state index contributed by atoms with van der Waals surface area (Å²) in [5, 5.41) is 6.96. The number of carbonyl (C=O) groups is 1. The molecular weight excluding hydrogens is 254 g/mol. The van der Waals surface area contributed by atoms with E-state index < -0.39 is 0 Å². The molecule has 0 radical (unpaired) electrons. The average Bonchev–Trinajstić information content (AvgIpc) is 3.18. The summed E-state index contributed by atoms with van der Waals surface area (Å²) in [6, 6.07) is 12.7. The summed E-state index contributed by atoms with van der Waals surface area (Å²) >= 11 is 0. The molecule has 0 aliphatic carbocycles. The van der Waals surface area contributed by atoms with E-state index in [9.17, 15) is 4.79 Å². The summed E-state index contributed by atoms with van der Waals surface area (Å²) < 4.78 is 6.89. The van der Waals surface area contributed by atoms with Crippen LogP contribution in [0, 0.1) is 0 Å². The van der Waals surface area contributed by atoms with Gasteiger partial charge in [0.1, 0.15) is 5.76 Å². The summed E-state index contributed by atoms with van der Waals surface area (Å²) in [7, 11) is 0. The highest BCUT2D eigenvalue weighted by molar-refractivity contribution is 5.94. The van der Waals surface area contributed by atoms with E-state index in [4.69, 9.17) is 4.42 Å². The van der Waals surface area contributed by atoms with Crippen LogP contribution in [-0.4, -0.2) is 15.7 Å². The van der Waals surface area contributed by atoms with Crippen molar-refractivity contribution in [1.29, 1.82) is 0 Å². The molecule has 100 valence electrons. The zero-order chi connectivity index (χ0) is 13.8. The second-order valence-electron chi connectivity index (χ2n) is 4.26. The second-order valence-corrected chi connectivity index (χ2v) is 4.26. The predicted octanol–water partition coefficient (Wildman–Crippen LogP) is 2.40. The zero-order valence-corrected chi connectivity index (χ0v) is 10.7. The number of carbonyl (C=O) groups excluding carboxylic acids is 1. The molecule has 3 aromatic rings. The van der Waals surface area contributed by atoms with E-state index in [1.165, 1.54) is 0 Å². The van der Waals surface area contributed by atoms with Gasteiger partial charge in [-0.3, -0.25) is 4.79 Å². The van der Waals surface area contributed by atoms with Crippen LogP contribution in [0.15, 0.2) is 65.5 Å². The fourth-order valence-corrected chi connectivity index (χ4v) is 1.89. The van der Waals surface area contributed by atoms with Crippen LogP contribution >= 0.6 is 0 Å². The number of furan rings is 1. The van der Waals surface area contributed by atoms with Gasteiger partial charge in [0.2, 0.25) is 0 Å². The normalized spacial score (nSPS) is 10.4. The molecule has 1 amide bonds. The molecule has 0 bridgehead atoms. The van der Waals surface area contributed by atoms with Gasteiger partial charge in [0.25, 0.3) is 5.91 Å². The van der Waals surface area contributed by atoms with Crippen molar-refractivity contribution in [2.24, 2.45) is 0 Å². The maximum atomic E-state index is 12.1. The Bertz CT molecular complexity index is 688. The minimum atomic E-state index is -0.143. The summed E-state index contributed by atoms with van der Waals surface area (Å²) in [5.74, 6) is 0.581. The van der Waals surface area contributed by atoms with Crippen LogP contribution in [0.3, 0.4) is 0 Å². The molecule has 2 aromatic heterocycles. The Morgan fingerprint density at radius 2 is 2.20 bits per heavy atom. The van der Waals surface area contributed by atoms with Crippen molar-refractivity contribution < 1.29 is 9.21 Å². The van der Waals surface area contributed by atoms with Gasteiger partial charge in [0.05, 0.1) is 18.5 Å². The Balaban J connectivity index is 1.73. The fourth-order valence-electron chi connectivity index (χ4n) is 1.89. The maximum Gasteiger partial charge on any atom is 0.251 e. The smallest absolute Gasteiger partial charge is 0.251 e. The lowest BCUT2D eigenvalue weighted by molar-refractivity contribution is 0.0948. The minimum Gasteiger partial charge on any atom is -0.467 e. The number of hydrogen-bond donors (Lipinski definition) is 1. The van der Waals surface area contributed by atoms with Gasteiger partial charge in [0.15, 0.2) is 0 Å². The summed E-state index contributed by atoms with van der Waals surface area (Å²) in [6.07, 6.45) is 5.11. The van der Waals surface area contributed by atoms with Gasteiger partial charge < -0.3 is 9.73 Å². The molecule has 0 spiro atoms. The largest absolute Gasteiger partial charge is 0.467 e. The quantitative estimate of drug-likeness (QED) is 0.789. The molecular formula is C15H13N3O2. The zero-order valence-electron chi connectivity index (χ0n) is 10.7. The first-order valence-corrected chi connectivity index (χ1v) is 6.23. The van der Waals surface area contributed by atoms with E-state index >= 15 is 0 Å². The first kappa shape index (κ1) is 12.2. The summed E-state index contributed by atoms with van der Waals surface area (Å²) in [6.45, 7) is 0.373. The number of nitrogens with zero attached hydrogens (tertiary/aromatic N) is 2. The lowest BCUT2D eigenvalue weighted by atomic mass is 10.2. The van der Waals surface area contributed by atoms with Gasteiger partial charge in [-0.2, -0.15) is 5.10 Å². The van der Waals surface area contributed by atoms with Gasteiger partial charge in [0, 0.05) is 18.0 Å². The van der Waals surface area contributed by atoms with Crippen molar-refractivity contribution in [3.63, 3.8) is 0 Å². The lowest BCUT2D eigenvalue weighted by Crippen LogP contribution is -2.22.